The minimum absolute atomic E-state index is 0.153. The third-order valence-electron chi connectivity index (χ3n) is 4.60. The molecular weight excluding hydrogens is 380 g/mol. The van der Waals surface area contributed by atoms with Crippen LogP contribution in [0.3, 0.4) is 0 Å². The summed E-state index contributed by atoms with van der Waals surface area (Å²) in [5, 5.41) is 20.1. The Morgan fingerprint density at radius 1 is 1.28 bits per heavy atom. The molecule has 2 aromatic heterocycles. The van der Waals surface area contributed by atoms with E-state index in [9.17, 15) is 13.9 Å². The maximum atomic E-state index is 14.3. The third kappa shape index (κ3) is 4.06. The van der Waals surface area contributed by atoms with Crippen molar-refractivity contribution in [3.63, 3.8) is 0 Å². The number of H-pyrrole nitrogens is 1. The number of hydrogen-bond acceptors (Lipinski definition) is 7. The zero-order valence-electron chi connectivity index (χ0n) is 15.5. The van der Waals surface area contributed by atoms with Gasteiger partial charge in [-0.05, 0) is 37.6 Å². The molecule has 3 N–H and O–H groups in total. The average Bonchev–Trinajstić information content (AvgIpc) is 3.30. The largest absolute Gasteiger partial charge is 0.391 e. The van der Waals surface area contributed by atoms with Crippen molar-refractivity contribution in [3.8, 4) is 0 Å². The Kier molecular flexibility index (Phi) is 5.17. The van der Waals surface area contributed by atoms with Gasteiger partial charge < -0.3 is 15.3 Å². The maximum Gasteiger partial charge on any atom is 0.233 e. The Hall–Kier alpha value is -3.40. The normalized spacial score (nSPS) is 19.2. The minimum Gasteiger partial charge on any atom is -0.391 e. The van der Waals surface area contributed by atoms with Gasteiger partial charge in [0.2, 0.25) is 11.9 Å². The summed E-state index contributed by atoms with van der Waals surface area (Å²) >= 11 is 0. The monoisotopic (exact) mass is 399 g/mol. The zero-order chi connectivity index (χ0) is 20.4. The molecular formula is C19H19F2N7O. The number of nitrogens with zero attached hydrogens (tertiary/aromatic N) is 5. The van der Waals surface area contributed by atoms with E-state index in [-0.39, 0.29) is 30.4 Å². The number of benzene rings is 1. The van der Waals surface area contributed by atoms with Crippen LogP contribution < -0.4 is 10.2 Å². The second kappa shape index (κ2) is 7.92. The maximum absolute atomic E-state index is 14.3. The van der Waals surface area contributed by atoms with Crippen LogP contribution in [0.4, 0.5) is 26.5 Å². The lowest BCUT2D eigenvalue weighted by atomic mass is 10.0. The van der Waals surface area contributed by atoms with Crippen LogP contribution in [0.25, 0.3) is 6.08 Å². The molecule has 8 nitrogen and oxygen atoms in total. The van der Waals surface area contributed by atoms with E-state index < -0.39 is 23.8 Å². The quantitative estimate of drug-likeness (QED) is 0.606. The molecule has 1 saturated heterocycles. The molecule has 0 saturated carbocycles. The second-order valence-electron chi connectivity index (χ2n) is 6.67. The molecule has 0 aliphatic carbocycles. The van der Waals surface area contributed by atoms with E-state index in [0.717, 1.165) is 23.9 Å². The molecule has 150 valence electrons. The average molecular weight is 399 g/mol. The van der Waals surface area contributed by atoms with Crippen molar-refractivity contribution >= 4 is 23.8 Å². The molecule has 1 aliphatic rings. The highest BCUT2D eigenvalue weighted by atomic mass is 19.1. The Morgan fingerprint density at radius 3 is 2.97 bits per heavy atom. The predicted molar refractivity (Wildman–Crippen MR) is 103 cm³/mol. The van der Waals surface area contributed by atoms with Crippen molar-refractivity contribution in [2.75, 3.05) is 16.8 Å². The van der Waals surface area contributed by atoms with Crippen LogP contribution in [0.15, 0.2) is 36.7 Å². The summed E-state index contributed by atoms with van der Waals surface area (Å²) < 4.78 is 28.0. The van der Waals surface area contributed by atoms with Gasteiger partial charge in [0, 0.05) is 18.2 Å². The fourth-order valence-electron chi connectivity index (χ4n) is 3.37. The van der Waals surface area contributed by atoms with Crippen molar-refractivity contribution < 1.29 is 13.9 Å². The number of nitrogens with one attached hydrogen (secondary N) is 2. The Balaban J connectivity index is 1.61. The molecule has 0 amide bonds. The zero-order valence-corrected chi connectivity index (χ0v) is 15.5. The van der Waals surface area contributed by atoms with Crippen LogP contribution in [0.5, 0.6) is 0 Å². The van der Waals surface area contributed by atoms with Crippen LogP contribution in [0, 0.1) is 11.6 Å². The van der Waals surface area contributed by atoms with E-state index in [1.54, 1.807) is 11.0 Å². The Bertz CT molecular complexity index is 1040. The third-order valence-corrected chi connectivity index (χ3v) is 4.60. The van der Waals surface area contributed by atoms with Gasteiger partial charge in [0.05, 0.1) is 17.8 Å². The minimum atomic E-state index is -0.717. The van der Waals surface area contributed by atoms with E-state index >= 15 is 0 Å². The Morgan fingerprint density at radius 2 is 2.14 bits per heavy atom. The molecule has 3 aromatic rings. The van der Waals surface area contributed by atoms with Gasteiger partial charge in [-0.3, -0.25) is 5.10 Å². The summed E-state index contributed by atoms with van der Waals surface area (Å²) in [5.41, 5.74) is 0.966. The number of aromatic amines is 1. The van der Waals surface area contributed by atoms with Crippen molar-refractivity contribution in [2.24, 2.45) is 0 Å². The molecule has 0 bridgehead atoms. The van der Waals surface area contributed by atoms with Crippen molar-refractivity contribution in [1.29, 1.82) is 0 Å². The first-order chi connectivity index (χ1) is 14.0. The number of aliphatic hydroxyl groups is 1. The molecule has 0 radical (unpaired) electrons. The van der Waals surface area contributed by atoms with Gasteiger partial charge in [0.15, 0.2) is 5.82 Å². The SMILES string of the molecule is C/C=C/c1cc(Nc2ncnc(N3CC(O)CC3c3cc(F)ccc3F)n2)n[nH]1. The van der Waals surface area contributed by atoms with Gasteiger partial charge in [0.1, 0.15) is 18.0 Å². The molecule has 2 unspecified atom stereocenters. The molecule has 1 aliphatic heterocycles. The van der Waals surface area contributed by atoms with Crippen LogP contribution in [-0.2, 0) is 0 Å². The van der Waals surface area contributed by atoms with Crippen LogP contribution >= 0.6 is 0 Å². The molecule has 2 atom stereocenters. The molecule has 29 heavy (non-hydrogen) atoms. The number of β-amino-alcohol motifs (C(OH)–C–C–N with tert-alkyl or cyclic N) is 1. The molecule has 1 fully saturated rings. The summed E-state index contributed by atoms with van der Waals surface area (Å²) in [6.07, 6.45) is 4.57. The van der Waals surface area contributed by atoms with E-state index in [4.69, 9.17) is 0 Å². The molecule has 3 heterocycles. The lowest BCUT2D eigenvalue weighted by molar-refractivity contribution is 0.194. The topological polar surface area (TPSA) is 103 Å². The van der Waals surface area contributed by atoms with Gasteiger partial charge in [0.25, 0.3) is 0 Å². The van der Waals surface area contributed by atoms with Crippen molar-refractivity contribution in [1.82, 2.24) is 25.1 Å². The first-order valence-electron chi connectivity index (χ1n) is 9.07. The molecule has 4 rings (SSSR count). The fourth-order valence-corrected chi connectivity index (χ4v) is 3.37. The smallest absolute Gasteiger partial charge is 0.233 e. The fraction of sp³-hybridized carbons (Fsp3) is 0.263. The number of halogens is 2. The summed E-state index contributed by atoms with van der Waals surface area (Å²) in [4.78, 5) is 14.2. The van der Waals surface area contributed by atoms with E-state index in [2.05, 4.69) is 30.5 Å². The van der Waals surface area contributed by atoms with E-state index in [0.29, 0.717) is 5.82 Å². The number of hydrogen-bond donors (Lipinski definition) is 3. The van der Waals surface area contributed by atoms with Crippen LogP contribution in [0.2, 0.25) is 0 Å². The summed E-state index contributed by atoms with van der Waals surface area (Å²) in [7, 11) is 0. The van der Waals surface area contributed by atoms with Crippen molar-refractivity contribution in [2.45, 2.75) is 25.5 Å². The second-order valence-corrected chi connectivity index (χ2v) is 6.67. The predicted octanol–water partition coefficient (Wildman–Crippen LogP) is 2.96. The molecule has 0 spiro atoms. The van der Waals surface area contributed by atoms with Gasteiger partial charge in [-0.15, -0.1) is 0 Å². The standard InChI is InChI=1S/C19H19F2N7O/c1-2-3-12-7-17(27-26-12)24-18-22-10-23-19(25-18)28-9-13(29)8-16(28)14-6-11(20)4-5-15(14)21/h2-7,10,13,16,29H,8-9H2,1H3,(H2,22,23,24,25,26,27)/b3-2+. The van der Waals surface area contributed by atoms with E-state index in [1.165, 1.54) is 6.33 Å². The summed E-state index contributed by atoms with van der Waals surface area (Å²) in [5.74, 6) is -0.0816. The lowest BCUT2D eigenvalue weighted by Gasteiger charge is -2.25. The van der Waals surface area contributed by atoms with Gasteiger partial charge in [-0.25, -0.2) is 18.7 Å². The van der Waals surface area contributed by atoms with Gasteiger partial charge in [-0.1, -0.05) is 6.08 Å². The number of allylic oxidation sites excluding steroid dienone is 1. The first kappa shape index (κ1) is 18.9. The van der Waals surface area contributed by atoms with Crippen LogP contribution in [-0.4, -0.2) is 42.9 Å². The summed E-state index contributed by atoms with van der Waals surface area (Å²) in [6.45, 7) is 2.09. The summed E-state index contributed by atoms with van der Waals surface area (Å²) in [6, 6.07) is 4.47. The molecule has 1 aromatic carbocycles. The number of aromatic nitrogens is 5. The van der Waals surface area contributed by atoms with Crippen molar-refractivity contribution in [3.05, 3.63) is 59.6 Å². The van der Waals surface area contributed by atoms with Gasteiger partial charge in [-0.2, -0.15) is 10.1 Å². The number of rotatable bonds is 5. The highest BCUT2D eigenvalue weighted by molar-refractivity contribution is 5.55. The van der Waals surface area contributed by atoms with E-state index in [1.807, 2.05) is 19.1 Å². The highest BCUT2D eigenvalue weighted by Crippen LogP contribution is 2.36. The lowest BCUT2D eigenvalue weighted by Crippen LogP contribution is -2.27. The highest BCUT2D eigenvalue weighted by Gasteiger charge is 2.35. The Labute approximate surface area is 165 Å². The van der Waals surface area contributed by atoms with Gasteiger partial charge >= 0.3 is 0 Å². The number of aliphatic hydroxyl groups excluding tert-OH is 1. The molecule has 10 heteroatoms. The number of anilines is 3. The first-order valence-corrected chi connectivity index (χ1v) is 9.07. The van der Waals surface area contributed by atoms with Crippen LogP contribution in [0.1, 0.15) is 30.6 Å².